The number of ketones is 1. The molecule has 3 N–H and O–H groups in total. The van der Waals surface area contributed by atoms with Gasteiger partial charge in [-0.2, -0.15) is 0 Å². The monoisotopic (exact) mass is 410 g/mol. The van der Waals surface area contributed by atoms with Gasteiger partial charge in [0.2, 0.25) is 11.8 Å². The van der Waals surface area contributed by atoms with E-state index in [0.717, 1.165) is 4.90 Å². The van der Waals surface area contributed by atoms with Crippen molar-refractivity contribution >= 4 is 29.3 Å². The van der Waals surface area contributed by atoms with Gasteiger partial charge in [0.1, 0.15) is 5.82 Å². The second-order valence-corrected chi connectivity index (χ2v) is 7.07. The molecular formula is C22H19FN2O5. The smallest absolute Gasteiger partial charge is 0.333 e. The van der Waals surface area contributed by atoms with Crippen molar-refractivity contribution in [2.75, 3.05) is 4.90 Å². The van der Waals surface area contributed by atoms with E-state index in [9.17, 15) is 28.7 Å². The maximum atomic E-state index is 13.2. The van der Waals surface area contributed by atoms with Crippen LogP contribution in [0.1, 0.15) is 51.1 Å². The number of nitrogens with two attached hydrogens (primary N) is 1. The lowest BCUT2D eigenvalue weighted by molar-refractivity contribution is -0.133. The zero-order valence-corrected chi connectivity index (χ0v) is 16.3. The molecule has 2 amide bonds. The standard InChI is InChI=1S/C22H19FN2O5/c1-11-7-19(16(12(2)26)8-15(11)21(24)28)25-10-18(22(29)30)17(9-20(25)27)13-3-5-14(23)6-4-13/h3-8,10,17H,9H2,1-2H3,(H2,24,28)(H,29,30). The van der Waals surface area contributed by atoms with Gasteiger partial charge >= 0.3 is 5.97 Å². The van der Waals surface area contributed by atoms with E-state index < -0.39 is 35.3 Å². The second kappa shape index (κ2) is 7.90. The Hall–Kier alpha value is -3.81. The van der Waals surface area contributed by atoms with E-state index in [1.165, 1.54) is 49.5 Å². The van der Waals surface area contributed by atoms with Crippen LogP contribution in [0, 0.1) is 12.7 Å². The summed E-state index contributed by atoms with van der Waals surface area (Å²) in [5, 5.41) is 9.72. The molecule has 8 heteroatoms. The van der Waals surface area contributed by atoms with Crippen LogP contribution in [-0.2, 0) is 9.59 Å². The summed E-state index contributed by atoms with van der Waals surface area (Å²) in [7, 11) is 0. The van der Waals surface area contributed by atoms with Gasteiger partial charge in [-0.05, 0) is 49.2 Å². The lowest BCUT2D eigenvalue weighted by Gasteiger charge is -2.31. The fourth-order valence-corrected chi connectivity index (χ4v) is 3.52. The number of carboxylic acids is 1. The molecule has 154 valence electrons. The van der Waals surface area contributed by atoms with Crippen LogP contribution in [-0.4, -0.2) is 28.7 Å². The molecule has 1 heterocycles. The molecular weight excluding hydrogens is 391 g/mol. The molecule has 0 radical (unpaired) electrons. The molecule has 0 spiro atoms. The van der Waals surface area contributed by atoms with Gasteiger partial charge in [0, 0.05) is 29.7 Å². The quantitative estimate of drug-likeness (QED) is 0.735. The number of halogens is 1. The number of carbonyl (C=O) groups is 4. The first-order chi connectivity index (χ1) is 14.1. The van der Waals surface area contributed by atoms with Gasteiger partial charge in [-0.3, -0.25) is 19.3 Å². The van der Waals surface area contributed by atoms with E-state index in [-0.39, 0.29) is 28.8 Å². The number of nitrogens with zero attached hydrogens (tertiary/aromatic N) is 1. The predicted molar refractivity (Wildman–Crippen MR) is 107 cm³/mol. The first-order valence-electron chi connectivity index (χ1n) is 9.08. The molecule has 0 bridgehead atoms. The van der Waals surface area contributed by atoms with Crippen molar-refractivity contribution in [1.82, 2.24) is 0 Å². The highest BCUT2D eigenvalue weighted by atomic mass is 19.1. The number of hydrogen-bond donors (Lipinski definition) is 2. The Morgan fingerprint density at radius 1 is 1.13 bits per heavy atom. The molecule has 0 saturated heterocycles. The maximum absolute atomic E-state index is 13.2. The number of anilines is 1. The lowest BCUT2D eigenvalue weighted by atomic mass is 9.85. The summed E-state index contributed by atoms with van der Waals surface area (Å²) in [6, 6.07) is 8.04. The Bertz CT molecular complexity index is 1110. The average molecular weight is 410 g/mol. The first-order valence-corrected chi connectivity index (χ1v) is 9.08. The van der Waals surface area contributed by atoms with Gasteiger partial charge in [0.15, 0.2) is 5.78 Å². The second-order valence-electron chi connectivity index (χ2n) is 7.07. The third-order valence-electron chi connectivity index (χ3n) is 5.06. The molecule has 0 aromatic heterocycles. The number of amides is 2. The molecule has 1 atom stereocenters. The number of Topliss-reactive ketones (excluding diaryl/α,β-unsaturated/α-hetero) is 1. The van der Waals surface area contributed by atoms with Crippen LogP contribution in [0.25, 0.3) is 0 Å². The fraction of sp³-hybridized carbons (Fsp3) is 0.182. The Morgan fingerprint density at radius 3 is 2.30 bits per heavy atom. The van der Waals surface area contributed by atoms with Crippen molar-refractivity contribution in [1.29, 1.82) is 0 Å². The summed E-state index contributed by atoms with van der Waals surface area (Å²) in [5.41, 5.74) is 6.59. The number of aliphatic carboxylic acids is 1. The normalized spacial score (nSPS) is 16.2. The molecule has 1 aliphatic heterocycles. The summed E-state index contributed by atoms with van der Waals surface area (Å²) < 4.78 is 13.2. The van der Waals surface area contributed by atoms with Crippen LogP contribution in [0.2, 0.25) is 0 Å². The number of carboxylic acid groups (broad SMARTS) is 1. The highest BCUT2D eigenvalue weighted by molar-refractivity contribution is 6.10. The van der Waals surface area contributed by atoms with Crippen LogP contribution in [0.4, 0.5) is 10.1 Å². The van der Waals surface area contributed by atoms with E-state index in [2.05, 4.69) is 0 Å². The summed E-state index contributed by atoms with van der Waals surface area (Å²) in [5.74, 6) is -4.05. The van der Waals surface area contributed by atoms with Gasteiger partial charge in [0.05, 0.1) is 11.3 Å². The fourth-order valence-electron chi connectivity index (χ4n) is 3.52. The summed E-state index contributed by atoms with van der Waals surface area (Å²) in [6.45, 7) is 2.88. The molecule has 7 nitrogen and oxygen atoms in total. The highest BCUT2D eigenvalue weighted by Gasteiger charge is 2.34. The van der Waals surface area contributed by atoms with Crippen molar-refractivity contribution < 1.29 is 28.7 Å². The minimum absolute atomic E-state index is 0.0731. The average Bonchev–Trinajstić information content (AvgIpc) is 2.67. The van der Waals surface area contributed by atoms with Crippen molar-refractivity contribution in [3.05, 3.63) is 76.2 Å². The van der Waals surface area contributed by atoms with Crippen LogP contribution in [0.15, 0.2) is 48.2 Å². The summed E-state index contributed by atoms with van der Waals surface area (Å²) >= 11 is 0. The summed E-state index contributed by atoms with van der Waals surface area (Å²) in [6.07, 6.45) is 0.991. The molecule has 30 heavy (non-hydrogen) atoms. The van der Waals surface area contributed by atoms with Crippen LogP contribution in [0.5, 0.6) is 0 Å². The van der Waals surface area contributed by atoms with Gasteiger partial charge in [0.25, 0.3) is 0 Å². The zero-order chi connectivity index (χ0) is 22.2. The van der Waals surface area contributed by atoms with Crippen molar-refractivity contribution in [3.63, 3.8) is 0 Å². The third kappa shape index (κ3) is 3.84. The number of aryl methyl sites for hydroxylation is 1. The molecule has 0 aliphatic carbocycles. The van der Waals surface area contributed by atoms with Crippen molar-refractivity contribution in [2.45, 2.75) is 26.2 Å². The molecule has 0 saturated carbocycles. The van der Waals surface area contributed by atoms with E-state index in [1.807, 2.05) is 0 Å². The van der Waals surface area contributed by atoms with E-state index >= 15 is 0 Å². The molecule has 0 fully saturated rings. The Morgan fingerprint density at radius 2 is 1.77 bits per heavy atom. The Labute approximate surface area is 171 Å². The zero-order valence-electron chi connectivity index (χ0n) is 16.3. The van der Waals surface area contributed by atoms with Gasteiger partial charge in [-0.25, -0.2) is 9.18 Å². The van der Waals surface area contributed by atoms with Crippen molar-refractivity contribution in [2.24, 2.45) is 5.73 Å². The minimum atomic E-state index is -1.24. The first kappa shape index (κ1) is 20.9. The van der Waals surface area contributed by atoms with Gasteiger partial charge < -0.3 is 10.8 Å². The van der Waals surface area contributed by atoms with Gasteiger partial charge in [-0.15, -0.1) is 0 Å². The summed E-state index contributed by atoms with van der Waals surface area (Å²) in [4.78, 5) is 49.7. The third-order valence-corrected chi connectivity index (χ3v) is 5.06. The number of carbonyl (C=O) groups excluding carboxylic acids is 3. The van der Waals surface area contributed by atoms with Crippen LogP contribution < -0.4 is 10.6 Å². The topological polar surface area (TPSA) is 118 Å². The largest absolute Gasteiger partial charge is 0.478 e. The molecule has 3 rings (SSSR count). The number of rotatable bonds is 5. The number of hydrogen-bond acceptors (Lipinski definition) is 4. The predicted octanol–water partition coefficient (Wildman–Crippen LogP) is 2.92. The van der Waals surface area contributed by atoms with Crippen LogP contribution >= 0.6 is 0 Å². The van der Waals surface area contributed by atoms with Crippen LogP contribution in [0.3, 0.4) is 0 Å². The van der Waals surface area contributed by atoms with Crippen molar-refractivity contribution in [3.8, 4) is 0 Å². The molecule has 2 aromatic carbocycles. The number of primary amides is 1. The molecule has 1 aliphatic rings. The highest BCUT2D eigenvalue weighted by Crippen LogP contribution is 2.37. The Balaban J connectivity index is 2.15. The number of benzene rings is 2. The Kier molecular flexibility index (Phi) is 5.51. The van der Waals surface area contributed by atoms with E-state index in [1.54, 1.807) is 6.92 Å². The van der Waals surface area contributed by atoms with E-state index in [4.69, 9.17) is 5.73 Å². The SMILES string of the molecule is CC(=O)c1cc(C(N)=O)c(C)cc1N1C=C(C(=O)O)C(c2ccc(F)cc2)CC1=O. The van der Waals surface area contributed by atoms with E-state index in [0.29, 0.717) is 11.1 Å². The molecule has 2 aromatic rings. The van der Waals surface area contributed by atoms with Gasteiger partial charge in [-0.1, -0.05) is 12.1 Å². The minimum Gasteiger partial charge on any atom is -0.478 e. The lowest BCUT2D eigenvalue weighted by Crippen LogP contribution is -2.35. The molecule has 1 unspecified atom stereocenters. The maximum Gasteiger partial charge on any atom is 0.333 e.